The van der Waals surface area contributed by atoms with Crippen LogP contribution in [0.25, 0.3) is 0 Å². The van der Waals surface area contributed by atoms with Crippen LogP contribution in [-0.2, 0) is 20.9 Å². The van der Waals surface area contributed by atoms with Crippen molar-refractivity contribution in [2.45, 2.75) is 25.5 Å². The Morgan fingerprint density at radius 1 is 1.11 bits per heavy atom. The molecule has 3 amide bonds. The van der Waals surface area contributed by atoms with Gasteiger partial charge in [-0.15, -0.1) is 0 Å². The molecule has 0 radical (unpaired) electrons. The third-order valence-corrected chi connectivity index (χ3v) is 4.28. The average molecular weight is 368 g/mol. The van der Waals surface area contributed by atoms with E-state index in [1.54, 1.807) is 24.3 Å². The molecule has 1 aliphatic rings. The quantitative estimate of drug-likeness (QED) is 0.877. The number of carbonyl (C=O) groups excluding carboxylic acids is 3. The number of ether oxygens (including phenoxy) is 2. The first-order valence-corrected chi connectivity index (χ1v) is 8.57. The van der Waals surface area contributed by atoms with Gasteiger partial charge in [-0.25, -0.2) is 9.69 Å². The van der Waals surface area contributed by atoms with E-state index < -0.39 is 23.9 Å². The molecule has 27 heavy (non-hydrogen) atoms. The number of methoxy groups -OCH3 is 1. The van der Waals surface area contributed by atoms with E-state index >= 15 is 0 Å². The second kappa shape index (κ2) is 8.35. The number of benzene rings is 2. The summed E-state index contributed by atoms with van der Waals surface area (Å²) < 4.78 is 10.4. The van der Waals surface area contributed by atoms with Crippen molar-refractivity contribution in [1.82, 2.24) is 4.90 Å². The summed E-state index contributed by atoms with van der Waals surface area (Å²) in [6, 6.07) is 15.1. The van der Waals surface area contributed by atoms with Gasteiger partial charge in [-0.2, -0.15) is 0 Å². The van der Waals surface area contributed by atoms with Gasteiger partial charge in [0.25, 0.3) is 0 Å². The van der Waals surface area contributed by atoms with Crippen molar-refractivity contribution in [1.29, 1.82) is 0 Å². The normalized spacial score (nSPS) is 16.1. The summed E-state index contributed by atoms with van der Waals surface area (Å²) in [6.07, 6.45) is -0.452. The van der Waals surface area contributed by atoms with Crippen LogP contribution in [0.5, 0.6) is 5.75 Å². The maximum Gasteiger partial charge on any atom is 0.417 e. The molecule has 140 valence electrons. The number of likely N-dealkylation sites (tertiary alicyclic amines) is 1. The molecule has 2 aromatic carbocycles. The zero-order valence-corrected chi connectivity index (χ0v) is 14.9. The van der Waals surface area contributed by atoms with Gasteiger partial charge in [-0.05, 0) is 24.1 Å². The molecule has 7 nitrogen and oxygen atoms in total. The fourth-order valence-corrected chi connectivity index (χ4v) is 2.91. The van der Waals surface area contributed by atoms with E-state index in [1.807, 2.05) is 30.3 Å². The summed E-state index contributed by atoms with van der Waals surface area (Å²) in [5, 5.41) is 2.72. The number of amides is 3. The van der Waals surface area contributed by atoms with Crippen LogP contribution >= 0.6 is 0 Å². The van der Waals surface area contributed by atoms with Gasteiger partial charge in [0.05, 0.1) is 12.8 Å². The van der Waals surface area contributed by atoms with Gasteiger partial charge in [-0.1, -0.05) is 42.5 Å². The summed E-state index contributed by atoms with van der Waals surface area (Å²) in [5.41, 5.74) is 1.27. The Morgan fingerprint density at radius 3 is 2.56 bits per heavy atom. The van der Waals surface area contributed by atoms with E-state index in [0.717, 1.165) is 10.5 Å². The van der Waals surface area contributed by atoms with E-state index in [-0.39, 0.29) is 19.4 Å². The average Bonchev–Trinajstić information content (AvgIpc) is 3.09. The molecule has 0 aliphatic carbocycles. The first kappa shape index (κ1) is 18.4. The zero-order chi connectivity index (χ0) is 19.2. The minimum absolute atomic E-state index is 0.0320. The molecule has 1 heterocycles. The maximum atomic E-state index is 12.6. The Morgan fingerprint density at radius 2 is 1.81 bits per heavy atom. The Bertz CT molecular complexity index is 837. The van der Waals surface area contributed by atoms with Crippen LogP contribution in [-0.4, -0.2) is 36.0 Å². The maximum absolute atomic E-state index is 12.6. The van der Waals surface area contributed by atoms with Gasteiger partial charge < -0.3 is 14.8 Å². The van der Waals surface area contributed by atoms with Crippen molar-refractivity contribution in [2.24, 2.45) is 0 Å². The fraction of sp³-hybridized carbons (Fsp3) is 0.250. The minimum Gasteiger partial charge on any atom is -0.495 e. The van der Waals surface area contributed by atoms with Crippen molar-refractivity contribution in [3.8, 4) is 5.75 Å². The number of anilines is 1. The molecule has 7 heteroatoms. The number of hydrogen-bond donors (Lipinski definition) is 1. The Hall–Kier alpha value is -3.35. The van der Waals surface area contributed by atoms with E-state index in [1.165, 1.54) is 7.11 Å². The lowest BCUT2D eigenvalue weighted by Gasteiger charge is -2.22. The minimum atomic E-state index is -0.911. The third kappa shape index (κ3) is 4.25. The lowest BCUT2D eigenvalue weighted by atomic mass is 10.2. The highest BCUT2D eigenvalue weighted by Gasteiger charge is 2.41. The van der Waals surface area contributed by atoms with Crippen LogP contribution < -0.4 is 10.1 Å². The van der Waals surface area contributed by atoms with Crippen molar-refractivity contribution < 1.29 is 23.9 Å². The molecular formula is C20H20N2O5. The summed E-state index contributed by atoms with van der Waals surface area (Å²) >= 11 is 0. The predicted molar refractivity (Wildman–Crippen MR) is 98.1 cm³/mol. The molecule has 1 atom stereocenters. The lowest BCUT2D eigenvalue weighted by molar-refractivity contribution is -0.131. The van der Waals surface area contributed by atoms with Crippen LogP contribution in [0.1, 0.15) is 18.4 Å². The number of hydrogen-bond acceptors (Lipinski definition) is 5. The van der Waals surface area contributed by atoms with Crippen LogP contribution in [0, 0.1) is 0 Å². The second-order valence-corrected chi connectivity index (χ2v) is 6.05. The highest BCUT2D eigenvalue weighted by Crippen LogP contribution is 2.26. The SMILES string of the molecule is COc1ccccc1NC(=O)[C@@H]1CCC(=O)N1C(=O)OCc1ccccc1. The highest BCUT2D eigenvalue weighted by molar-refractivity contribution is 6.05. The molecule has 1 aliphatic heterocycles. The topological polar surface area (TPSA) is 84.9 Å². The zero-order valence-electron chi connectivity index (χ0n) is 14.9. The third-order valence-electron chi connectivity index (χ3n) is 4.28. The van der Waals surface area contributed by atoms with Crippen molar-refractivity contribution in [3.63, 3.8) is 0 Å². The predicted octanol–water partition coefficient (Wildman–Crippen LogP) is 2.96. The summed E-state index contributed by atoms with van der Waals surface area (Å²) in [6.45, 7) is 0.0320. The molecule has 0 aromatic heterocycles. The van der Waals surface area contributed by atoms with Gasteiger partial charge in [0.1, 0.15) is 18.4 Å². The number of rotatable bonds is 5. The molecule has 3 rings (SSSR count). The van der Waals surface area contributed by atoms with Crippen LogP contribution in [0.3, 0.4) is 0 Å². The monoisotopic (exact) mass is 368 g/mol. The molecule has 0 saturated carbocycles. The number of imide groups is 1. The lowest BCUT2D eigenvalue weighted by Crippen LogP contribution is -2.45. The van der Waals surface area contributed by atoms with Crippen LogP contribution in [0.4, 0.5) is 10.5 Å². The summed E-state index contributed by atoms with van der Waals surface area (Å²) in [7, 11) is 1.50. The Labute approximate surface area is 156 Å². The van der Waals surface area contributed by atoms with E-state index in [0.29, 0.717) is 11.4 Å². The van der Waals surface area contributed by atoms with Gasteiger partial charge in [0, 0.05) is 6.42 Å². The van der Waals surface area contributed by atoms with Crippen molar-refractivity contribution in [2.75, 3.05) is 12.4 Å². The van der Waals surface area contributed by atoms with E-state index in [4.69, 9.17) is 9.47 Å². The number of para-hydroxylation sites is 2. The fourth-order valence-electron chi connectivity index (χ4n) is 2.91. The summed E-state index contributed by atoms with van der Waals surface area (Å²) in [5.74, 6) is -0.386. The van der Waals surface area contributed by atoms with Crippen LogP contribution in [0.2, 0.25) is 0 Å². The number of nitrogens with one attached hydrogen (secondary N) is 1. The molecule has 1 fully saturated rings. The second-order valence-electron chi connectivity index (χ2n) is 6.05. The highest BCUT2D eigenvalue weighted by atomic mass is 16.6. The first-order valence-electron chi connectivity index (χ1n) is 8.57. The van der Waals surface area contributed by atoms with Crippen molar-refractivity contribution in [3.05, 3.63) is 60.2 Å². The smallest absolute Gasteiger partial charge is 0.417 e. The summed E-state index contributed by atoms with van der Waals surface area (Å²) in [4.78, 5) is 38.1. The number of nitrogens with zero attached hydrogens (tertiary/aromatic N) is 1. The molecule has 1 N–H and O–H groups in total. The van der Waals surface area contributed by atoms with Gasteiger partial charge in [0.2, 0.25) is 11.8 Å². The molecular weight excluding hydrogens is 348 g/mol. The Kier molecular flexibility index (Phi) is 5.71. The Balaban J connectivity index is 1.67. The molecule has 2 aromatic rings. The van der Waals surface area contributed by atoms with Gasteiger partial charge in [0.15, 0.2) is 0 Å². The van der Waals surface area contributed by atoms with E-state index in [9.17, 15) is 14.4 Å². The standard InChI is InChI=1S/C20H20N2O5/c1-26-17-10-6-5-9-15(17)21-19(24)16-11-12-18(23)22(16)20(25)27-13-14-7-3-2-4-8-14/h2-10,16H,11-13H2,1H3,(H,21,24)/t16-/m0/s1. The molecule has 0 spiro atoms. The molecule has 1 saturated heterocycles. The van der Waals surface area contributed by atoms with Crippen LogP contribution in [0.15, 0.2) is 54.6 Å². The molecule has 0 bridgehead atoms. The first-order chi connectivity index (χ1) is 13.1. The van der Waals surface area contributed by atoms with Gasteiger partial charge in [-0.3, -0.25) is 9.59 Å². The van der Waals surface area contributed by atoms with E-state index in [2.05, 4.69) is 5.32 Å². The largest absolute Gasteiger partial charge is 0.495 e. The number of carbonyl (C=O) groups is 3. The molecule has 0 unspecified atom stereocenters. The van der Waals surface area contributed by atoms with Crippen molar-refractivity contribution >= 4 is 23.6 Å². The van der Waals surface area contributed by atoms with Gasteiger partial charge >= 0.3 is 6.09 Å².